The maximum Gasteiger partial charge on any atom is 0.416 e. The molecular formula is C9H7ClF4. The topological polar surface area (TPSA) is 0 Å². The van der Waals surface area contributed by atoms with Crippen molar-refractivity contribution in [1.82, 2.24) is 0 Å². The number of hydrogen-bond donors (Lipinski definition) is 0. The number of alkyl halides is 4. The Morgan fingerprint density at radius 1 is 1.21 bits per heavy atom. The van der Waals surface area contributed by atoms with Crippen molar-refractivity contribution < 1.29 is 17.6 Å². The second-order valence-electron chi connectivity index (χ2n) is 2.74. The van der Waals surface area contributed by atoms with Gasteiger partial charge in [0.05, 0.1) is 5.56 Å². The van der Waals surface area contributed by atoms with Gasteiger partial charge in [-0.05, 0) is 30.2 Å². The average Bonchev–Trinajstić information content (AvgIpc) is 2.07. The maximum absolute atomic E-state index is 12.9. The highest BCUT2D eigenvalue weighted by Gasteiger charge is 2.30. The number of rotatable bonds is 2. The van der Waals surface area contributed by atoms with Gasteiger partial charge < -0.3 is 0 Å². The summed E-state index contributed by atoms with van der Waals surface area (Å²) in [5.41, 5.74) is -0.853. The Bertz CT molecular complexity index is 319. The van der Waals surface area contributed by atoms with Crippen LogP contribution in [0.4, 0.5) is 17.6 Å². The molecule has 0 spiro atoms. The van der Waals surface area contributed by atoms with Crippen molar-refractivity contribution in [2.75, 3.05) is 5.88 Å². The minimum atomic E-state index is -4.44. The lowest BCUT2D eigenvalue weighted by atomic mass is 10.1. The smallest absolute Gasteiger partial charge is 0.207 e. The van der Waals surface area contributed by atoms with E-state index in [1.807, 2.05) is 0 Å². The van der Waals surface area contributed by atoms with E-state index in [9.17, 15) is 17.6 Å². The van der Waals surface area contributed by atoms with E-state index in [2.05, 4.69) is 0 Å². The molecule has 0 amide bonds. The van der Waals surface area contributed by atoms with Crippen molar-refractivity contribution in [3.8, 4) is 0 Å². The molecule has 0 aliphatic heterocycles. The number of hydrogen-bond acceptors (Lipinski definition) is 0. The van der Waals surface area contributed by atoms with Crippen LogP contribution in [0, 0.1) is 5.82 Å². The molecule has 0 aliphatic rings. The van der Waals surface area contributed by atoms with Crippen molar-refractivity contribution in [2.24, 2.45) is 0 Å². The summed E-state index contributed by atoms with van der Waals surface area (Å²) in [6, 6.07) is 2.31. The lowest BCUT2D eigenvalue weighted by Crippen LogP contribution is -2.06. The van der Waals surface area contributed by atoms with Crippen LogP contribution >= 0.6 is 11.6 Å². The molecule has 0 saturated carbocycles. The Morgan fingerprint density at radius 3 is 2.36 bits per heavy atom. The molecule has 0 atom stereocenters. The first-order chi connectivity index (χ1) is 6.45. The van der Waals surface area contributed by atoms with E-state index < -0.39 is 17.6 Å². The Hall–Kier alpha value is -0.770. The van der Waals surface area contributed by atoms with E-state index in [0.29, 0.717) is 6.07 Å². The van der Waals surface area contributed by atoms with E-state index in [0.717, 1.165) is 12.1 Å². The summed E-state index contributed by atoms with van der Waals surface area (Å²) in [4.78, 5) is 0. The van der Waals surface area contributed by atoms with Gasteiger partial charge in [0.15, 0.2) is 0 Å². The van der Waals surface area contributed by atoms with E-state index in [4.69, 9.17) is 11.6 Å². The number of aryl methyl sites for hydroxylation is 1. The van der Waals surface area contributed by atoms with Crippen molar-refractivity contribution in [3.63, 3.8) is 0 Å². The van der Waals surface area contributed by atoms with Gasteiger partial charge >= 0.3 is 6.18 Å². The van der Waals surface area contributed by atoms with Crippen molar-refractivity contribution in [3.05, 3.63) is 35.1 Å². The van der Waals surface area contributed by atoms with Crippen LogP contribution in [-0.2, 0) is 12.6 Å². The van der Waals surface area contributed by atoms with Gasteiger partial charge in [0.1, 0.15) is 5.82 Å². The predicted molar refractivity (Wildman–Crippen MR) is 45.8 cm³/mol. The van der Waals surface area contributed by atoms with Crippen LogP contribution in [0.15, 0.2) is 18.2 Å². The fraction of sp³-hybridized carbons (Fsp3) is 0.333. The summed E-state index contributed by atoms with van der Waals surface area (Å²) < 4.78 is 49.5. The molecule has 0 aromatic heterocycles. The SMILES string of the molecule is Fc1ccc(C(F)(F)F)cc1CCCl. The molecule has 0 aliphatic carbocycles. The summed E-state index contributed by atoms with van der Waals surface area (Å²) in [6.07, 6.45) is -4.34. The zero-order valence-electron chi connectivity index (χ0n) is 7.04. The Kier molecular flexibility index (Phi) is 3.37. The van der Waals surface area contributed by atoms with Gasteiger partial charge in [0.25, 0.3) is 0 Å². The lowest BCUT2D eigenvalue weighted by molar-refractivity contribution is -0.137. The third-order valence-electron chi connectivity index (χ3n) is 1.74. The highest BCUT2D eigenvalue weighted by atomic mass is 35.5. The molecule has 0 N–H and O–H groups in total. The molecule has 0 fully saturated rings. The highest BCUT2D eigenvalue weighted by molar-refractivity contribution is 6.17. The van der Waals surface area contributed by atoms with Crippen molar-refractivity contribution in [1.29, 1.82) is 0 Å². The van der Waals surface area contributed by atoms with E-state index in [1.54, 1.807) is 0 Å². The van der Waals surface area contributed by atoms with E-state index in [1.165, 1.54) is 0 Å². The molecule has 0 nitrogen and oxygen atoms in total. The van der Waals surface area contributed by atoms with Crippen LogP contribution in [0.2, 0.25) is 0 Å². The zero-order valence-corrected chi connectivity index (χ0v) is 7.79. The van der Waals surface area contributed by atoms with E-state index in [-0.39, 0.29) is 17.9 Å². The molecule has 1 rings (SSSR count). The van der Waals surface area contributed by atoms with Gasteiger partial charge in [-0.1, -0.05) is 0 Å². The normalized spacial score (nSPS) is 11.8. The summed E-state index contributed by atoms with van der Waals surface area (Å²) in [6.45, 7) is 0. The summed E-state index contributed by atoms with van der Waals surface area (Å²) in [5, 5.41) is 0. The molecule has 0 bridgehead atoms. The second kappa shape index (κ2) is 4.17. The molecule has 1 aromatic rings. The van der Waals surface area contributed by atoms with E-state index >= 15 is 0 Å². The molecule has 1 aromatic carbocycles. The standard InChI is InChI=1S/C9H7ClF4/c10-4-3-6-5-7(9(12,13)14)1-2-8(6)11/h1-2,5H,3-4H2. The lowest BCUT2D eigenvalue weighted by Gasteiger charge is -2.08. The van der Waals surface area contributed by atoms with Crippen molar-refractivity contribution in [2.45, 2.75) is 12.6 Å². The fourth-order valence-corrected chi connectivity index (χ4v) is 1.25. The number of halogens is 5. The van der Waals surface area contributed by atoms with Gasteiger partial charge in [-0.25, -0.2) is 4.39 Å². The quantitative estimate of drug-likeness (QED) is 0.534. The third-order valence-corrected chi connectivity index (χ3v) is 1.93. The molecule has 0 saturated heterocycles. The van der Waals surface area contributed by atoms with Crippen LogP contribution < -0.4 is 0 Å². The van der Waals surface area contributed by atoms with Crippen LogP contribution in [-0.4, -0.2) is 5.88 Å². The summed E-state index contributed by atoms with van der Waals surface area (Å²) >= 11 is 5.33. The van der Waals surface area contributed by atoms with Crippen LogP contribution in [0.25, 0.3) is 0 Å². The van der Waals surface area contributed by atoms with Gasteiger partial charge in [-0.15, -0.1) is 11.6 Å². The summed E-state index contributed by atoms with van der Waals surface area (Å²) in [5.74, 6) is -0.559. The fourth-order valence-electron chi connectivity index (χ4n) is 1.04. The molecule has 0 unspecified atom stereocenters. The zero-order chi connectivity index (χ0) is 10.8. The van der Waals surface area contributed by atoms with Gasteiger partial charge in [-0.3, -0.25) is 0 Å². The second-order valence-corrected chi connectivity index (χ2v) is 3.12. The van der Waals surface area contributed by atoms with Gasteiger partial charge in [-0.2, -0.15) is 13.2 Å². The summed E-state index contributed by atoms with van der Waals surface area (Å²) in [7, 11) is 0. The molecule has 0 radical (unpaired) electrons. The monoisotopic (exact) mass is 226 g/mol. The van der Waals surface area contributed by atoms with Crippen LogP contribution in [0.3, 0.4) is 0 Å². The first kappa shape index (κ1) is 11.3. The predicted octanol–water partition coefficient (Wildman–Crippen LogP) is 3.63. The minimum absolute atomic E-state index is 0.00479. The third kappa shape index (κ3) is 2.61. The van der Waals surface area contributed by atoms with Gasteiger partial charge in [0.2, 0.25) is 0 Å². The Labute approximate surface area is 83.5 Å². The first-order valence-electron chi connectivity index (χ1n) is 3.86. The number of benzene rings is 1. The highest BCUT2D eigenvalue weighted by Crippen LogP contribution is 2.30. The van der Waals surface area contributed by atoms with Gasteiger partial charge in [0, 0.05) is 5.88 Å². The molecule has 0 heterocycles. The minimum Gasteiger partial charge on any atom is -0.207 e. The maximum atomic E-state index is 12.9. The Balaban J connectivity index is 3.06. The Morgan fingerprint density at radius 2 is 1.86 bits per heavy atom. The van der Waals surface area contributed by atoms with Crippen LogP contribution in [0.1, 0.15) is 11.1 Å². The van der Waals surface area contributed by atoms with Crippen LogP contribution in [0.5, 0.6) is 0 Å². The molecule has 5 heteroatoms. The molecule has 78 valence electrons. The average molecular weight is 227 g/mol. The first-order valence-corrected chi connectivity index (χ1v) is 4.40. The molecular weight excluding hydrogens is 220 g/mol. The van der Waals surface area contributed by atoms with Crippen molar-refractivity contribution >= 4 is 11.6 Å². The molecule has 14 heavy (non-hydrogen) atoms. The largest absolute Gasteiger partial charge is 0.416 e.